The molecule has 2 aromatic rings. The van der Waals surface area contributed by atoms with Crippen molar-refractivity contribution in [3.05, 3.63) is 57.0 Å². The van der Waals surface area contributed by atoms with Crippen LogP contribution in [0.3, 0.4) is 0 Å². The number of carbonyl (C=O) groups excluding carboxylic acids is 1. The van der Waals surface area contributed by atoms with Gasteiger partial charge in [-0.15, -0.1) is 11.3 Å². The number of amides is 1. The summed E-state index contributed by atoms with van der Waals surface area (Å²) in [6, 6.07) is 8.30. The average Bonchev–Trinajstić information content (AvgIpc) is 2.96. The molecule has 122 valence electrons. The highest BCUT2D eigenvalue weighted by atomic mass is 32.1. The fourth-order valence-corrected chi connectivity index (χ4v) is 3.93. The smallest absolute Gasteiger partial charge is 0.264 e. The predicted octanol–water partition coefficient (Wildman–Crippen LogP) is 3.97. The minimum Gasteiger partial charge on any atom is -0.370 e. The van der Waals surface area contributed by atoms with Crippen molar-refractivity contribution in [1.29, 1.82) is 0 Å². The van der Waals surface area contributed by atoms with E-state index < -0.39 is 0 Å². The van der Waals surface area contributed by atoms with Crippen LogP contribution in [0.15, 0.2) is 30.3 Å². The number of rotatable bonds is 3. The lowest BCUT2D eigenvalue weighted by molar-refractivity contribution is -0.0226. The van der Waals surface area contributed by atoms with E-state index in [4.69, 9.17) is 4.74 Å². The number of nitrogens with zero attached hydrogens (tertiary/aromatic N) is 1. The molecule has 1 aromatic carbocycles. The summed E-state index contributed by atoms with van der Waals surface area (Å²) in [5.74, 6) is -0.202. The fraction of sp³-hybridized carbons (Fsp3) is 0.389. The number of morpholine rings is 1. The van der Waals surface area contributed by atoms with Crippen molar-refractivity contribution >= 4 is 17.2 Å². The van der Waals surface area contributed by atoms with Crippen molar-refractivity contribution in [2.75, 3.05) is 19.7 Å². The number of carbonyl (C=O) groups is 1. The minimum atomic E-state index is -0.265. The zero-order valence-electron chi connectivity index (χ0n) is 13.3. The van der Waals surface area contributed by atoms with Gasteiger partial charge in [0.05, 0.1) is 18.0 Å². The number of hydrogen-bond donors (Lipinski definition) is 0. The lowest BCUT2D eigenvalue weighted by Gasteiger charge is -2.33. The number of ether oxygens (including phenoxy) is 1. The lowest BCUT2D eigenvalue weighted by Crippen LogP contribution is -2.42. The van der Waals surface area contributed by atoms with Crippen LogP contribution in [-0.4, -0.2) is 30.5 Å². The minimum absolute atomic E-state index is 0.0632. The Bertz CT molecular complexity index is 696. The Morgan fingerprint density at radius 1 is 1.39 bits per heavy atom. The number of benzene rings is 1. The maximum absolute atomic E-state index is 13.0. The monoisotopic (exact) mass is 333 g/mol. The van der Waals surface area contributed by atoms with Crippen LogP contribution in [0.4, 0.5) is 4.39 Å². The SMILES string of the molecule is CCc1cc(C(=O)N2CCOC(c3ccc(F)cc3)C2)sc1C. The van der Waals surface area contributed by atoms with E-state index in [1.165, 1.54) is 22.6 Å². The van der Waals surface area contributed by atoms with Gasteiger partial charge in [0.1, 0.15) is 11.9 Å². The Balaban J connectivity index is 1.74. The van der Waals surface area contributed by atoms with Gasteiger partial charge in [-0.25, -0.2) is 4.39 Å². The number of aryl methyl sites for hydroxylation is 2. The fourth-order valence-electron chi connectivity index (χ4n) is 2.84. The lowest BCUT2D eigenvalue weighted by atomic mass is 10.1. The second-order valence-corrected chi connectivity index (χ2v) is 6.96. The van der Waals surface area contributed by atoms with E-state index in [9.17, 15) is 9.18 Å². The Morgan fingerprint density at radius 3 is 2.78 bits per heavy atom. The molecule has 0 saturated carbocycles. The maximum atomic E-state index is 13.0. The first-order valence-electron chi connectivity index (χ1n) is 7.84. The van der Waals surface area contributed by atoms with Crippen molar-refractivity contribution in [1.82, 2.24) is 4.90 Å². The van der Waals surface area contributed by atoms with Crippen LogP contribution in [0, 0.1) is 12.7 Å². The first kappa shape index (κ1) is 16.1. The average molecular weight is 333 g/mol. The van der Waals surface area contributed by atoms with Crippen LogP contribution < -0.4 is 0 Å². The number of thiophene rings is 1. The van der Waals surface area contributed by atoms with Crippen LogP contribution in [0.2, 0.25) is 0 Å². The third kappa shape index (κ3) is 3.46. The topological polar surface area (TPSA) is 29.5 Å². The normalized spacial score (nSPS) is 18.2. The summed E-state index contributed by atoms with van der Waals surface area (Å²) in [6.07, 6.45) is 0.747. The second-order valence-electron chi connectivity index (χ2n) is 5.71. The van der Waals surface area contributed by atoms with Crippen molar-refractivity contribution in [3.63, 3.8) is 0 Å². The van der Waals surface area contributed by atoms with E-state index in [0.717, 1.165) is 16.9 Å². The molecular formula is C18H20FNO2S. The van der Waals surface area contributed by atoms with Gasteiger partial charge in [0.2, 0.25) is 0 Å². The number of hydrogen-bond acceptors (Lipinski definition) is 3. The van der Waals surface area contributed by atoms with Crippen molar-refractivity contribution < 1.29 is 13.9 Å². The summed E-state index contributed by atoms with van der Waals surface area (Å²) in [4.78, 5) is 16.6. The highest BCUT2D eigenvalue weighted by Gasteiger charge is 2.27. The first-order chi connectivity index (χ1) is 11.1. The van der Waals surface area contributed by atoms with Crippen LogP contribution in [-0.2, 0) is 11.2 Å². The van der Waals surface area contributed by atoms with Crippen molar-refractivity contribution in [2.24, 2.45) is 0 Å². The highest BCUT2D eigenvalue weighted by molar-refractivity contribution is 7.14. The summed E-state index contributed by atoms with van der Waals surface area (Å²) < 4.78 is 18.8. The molecule has 0 radical (unpaired) electrons. The van der Waals surface area contributed by atoms with Gasteiger partial charge in [0, 0.05) is 11.4 Å². The zero-order valence-corrected chi connectivity index (χ0v) is 14.2. The maximum Gasteiger partial charge on any atom is 0.264 e. The van der Waals surface area contributed by atoms with Gasteiger partial charge in [-0.1, -0.05) is 19.1 Å². The van der Waals surface area contributed by atoms with Gasteiger partial charge in [0.25, 0.3) is 5.91 Å². The molecule has 1 atom stereocenters. The summed E-state index contributed by atoms with van der Waals surface area (Å²) in [7, 11) is 0. The molecule has 1 aliphatic rings. The summed E-state index contributed by atoms with van der Waals surface area (Å²) in [5.41, 5.74) is 2.14. The first-order valence-corrected chi connectivity index (χ1v) is 8.65. The molecule has 1 amide bonds. The highest BCUT2D eigenvalue weighted by Crippen LogP contribution is 2.27. The van der Waals surface area contributed by atoms with Crippen LogP contribution in [0.25, 0.3) is 0 Å². The van der Waals surface area contributed by atoms with E-state index in [1.54, 1.807) is 23.5 Å². The molecule has 0 spiro atoms. The zero-order chi connectivity index (χ0) is 16.4. The molecule has 2 heterocycles. The van der Waals surface area contributed by atoms with Crippen molar-refractivity contribution in [2.45, 2.75) is 26.4 Å². The van der Waals surface area contributed by atoms with Crippen molar-refractivity contribution in [3.8, 4) is 0 Å². The number of halogens is 1. The van der Waals surface area contributed by atoms with Crippen LogP contribution >= 0.6 is 11.3 Å². The molecule has 0 bridgehead atoms. The van der Waals surface area contributed by atoms with E-state index >= 15 is 0 Å². The predicted molar refractivity (Wildman–Crippen MR) is 89.4 cm³/mol. The van der Waals surface area contributed by atoms with E-state index in [0.29, 0.717) is 19.7 Å². The van der Waals surface area contributed by atoms with Gasteiger partial charge >= 0.3 is 0 Å². The van der Waals surface area contributed by atoms with Gasteiger partial charge in [-0.2, -0.15) is 0 Å². The molecule has 3 nitrogen and oxygen atoms in total. The van der Waals surface area contributed by atoms with Crippen LogP contribution in [0.1, 0.15) is 38.7 Å². The standard InChI is InChI=1S/C18H20FNO2S/c1-3-13-10-17(23-12(13)2)18(21)20-8-9-22-16(11-20)14-4-6-15(19)7-5-14/h4-7,10,16H,3,8-9,11H2,1-2H3. The Hall–Kier alpha value is -1.72. The molecule has 3 rings (SSSR count). The Labute approximate surface area is 139 Å². The molecule has 1 fully saturated rings. The van der Waals surface area contributed by atoms with E-state index in [1.807, 2.05) is 11.0 Å². The molecule has 0 aliphatic carbocycles. The largest absolute Gasteiger partial charge is 0.370 e. The molecule has 0 N–H and O–H groups in total. The quantitative estimate of drug-likeness (QED) is 0.850. The van der Waals surface area contributed by atoms with Crippen LogP contribution in [0.5, 0.6) is 0 Å². The Kier molecular flexibility index (Phi) is 4.78. The second kappa shape index (κ2) is 6.81. The van der Waals surface area contributed by atoms with E-state index in [2.05, 4.69) is 13.8 Å². The third-order valence-corrected chi connectivity index (χ3v) is 5.29. The van der Waals surface area contributed by atoms with Gasteiger partial charge in [0.15, 0.2) is 0 Å². The summed E-state index contributed by atoms with van der Waals surface area (Å²) in [5, 5.41) is 0. The third-order valence-electron chi connectivity index (χ3n) is 4.21. The van der Waals surface area contributed by atoms with Gasteiger partial charge in [-0.3, -0.25) is 4.79 Å². The molecule has 23 heavy (non-hydrogen) atoms. The molecule has 5 heteroatoms. The summed E-state index contributed by atoms with van der Waals surface area (Å²) >= 11 is 1.56. The molecule has 1 aromatic heterocycles. The van der Waals surface area contributed by atoms with E-state index in [-0.39, 0.29) is 17.8 Å². The summed E-state index contributed by atoms with van der Waals surface area (Å²) in [6.45, 7) is 5.75. The van der Waals surface area contributed by atoms with Gasteiger partial charge in [-0.05, 0) is 42.7 Å². The molecule has 1 saturated heterocycles. The Morgan fingerprint density at radius 2 is 2.13 bits per heavy atom. The molecular weight excluding hydrogens is 313 g/mol. The van der Waals surface area contributed by atoms with Gasteiger partial charge < -0.3 is 9.64 Å². The molecule has 1 aliphatic heterocycles. The molecule has 1 unspecified atom stereocenters.